The molecule has 6 nitrogen and oxygen atoms in total. The van der Waals surface area contributed by atoms with Gasteiger partial charge in [0.15, 0.2) is 0 Å². The number of ketones is 1. The first kappa shape index (κ1) is 14.4. The summed E-state index contributed by atoms with van der Waals surface area (Å²) in [6, 6.07) is 1.89. The Bertz CT molecular complexity index is 312. The number of hydrogen-bond acceptors (Lipinski definition) is 6. The highest BCUT2D eigenvalue weighted by Crippen LogP contribution is 2.13. The van der Waals surface area contributed by atoms with Gasteiger partial charge in [-0.05, 0) is 6.92 Å². The first-order chi connectivity index (χ1) is 6.68. The molecule has 0 radical (unpaired) electrons. The van der Waals surface area contributed by atoms with E-state index in [1.807, 2.05) is 13.0 Å². The number of Topliss-reactive ketones (excluding diaryl/α,β-unsaturated/α-hetero) is 1. The lowest BCUT2D eigenvalue weighted by Crippen LogP contribution is -2.68. The van der Waals surface area contributed by atoms with Gasteiger partial charge in [-0.15, -0.1) is 14.1 Å². The Balaban J connectivity index is 0.000000336. The predicted molar refractivity (Wildman–Crippen MR) is 40.1 cm³/mol. The molecule has 8 heteroatoms. The third-order valence-electron chi connectivity index (χ3n) is 1.07. The van der Waals surface area contributed by atoms with Crippen molar-refractivity contribution in [3.63, 3.8) is 0 Å². The molecule has 1 aromatic rings. The zero-order valence-corrected chi connectivity index (χ0v) is 9.59. The minimum absolute atomic E-state index is 0.178. The second-order valence-electron chi connectivity index (χ2n) is 2.64. The van der Waals surface area contributed by atoms with Crippen LogP contribution in [0.5, 0.6) is 0 Å². The van der Waals surface area contributed by atoms with Crippen LogP contribution in [0.4, 0.5) is 0 Å². The summed E-state index contributed by atoms with van der Waals surface area (Å²) in [6.45, 7) is 3.45. The molecular weight excluding hydrogens is 248 g/mol. The Labute approximate surface area is 92.4 Å². The Morgan fingerprint density at radius 2 is 1.93 bits per heavy atom. The van der Waals surface area contributed by atoms with Crippen LogP contribution in [0.15, 0.2) is 9.92 Å². The lowest BCUT2D eigenvalue weighted by Gasteiger charge is -2.17. The van der Waals surface area contributed by atoms with Gasteiger partial charge in [0.1, 0.15) is 10.7 Å². The number of hydrogen-bond donors (Lipinski definition) is 0. The van der Waals surface area contributed by atoms with Gasteiger partial charge in [0.05, 0.1) is 13.0 Å². The minimum atomic E-state index is -4.94. The third kappa shape index (κ3) is 11.4. The fourth-order valence-electron chi connectivity index (χ4n) is 0.720. The topological polar surface area (TPSA) is 121 Å². The molecule has 86 valence electrons. The zero-order chi connectivity index (χ0) is 12.1. The molecule has 0 bridgehead atoms. The van der Waals surface area contributed by atoms with Gasteiger partial charge < -0.3 is 0 Å². The van der Waals surface area contributed by atoms with E-state index < -0.39 is 10.2 Å². The highest BCUT2D eigenvalue weighted by atomic mass is 35.7. The van der Waals surface area contributed by atoms with Crippen molar-refractivity contribution in [2.24, 2.45) is 0 Å². The smallest absolute Gasteiger partial charge is 0.300 e. The van der Waals surface area contributed by atoms with Gasteiger partial charge in [0, 0.05) is 6.42 Å². The van der Waals surface area contributed by atoms with Crippen molar-refractivity contribution in [2.75, 3.05) is 0 Å². The third-order valence-corrected chi connectivity index (χ3v) is 1.89. The van der Waals surface area contributed by atoms with Gasteiger partial charge in [-0.1, -0.05) is 0 Å². The Morgan fingerprint density at radius 3 is 2.20 bits per heavy atom. The molecule has 0 aliphatic carbocycles. The van der Waals surface area contributed by atoms with E-state index in [9.17, 15) is 4.79 Å². The highest BCUT2D eigenvalue weighted by molar-refractivity contribution is 7.03. The molecule has 0 atom stereocenters. The molecule has 0 aromatic carbocycles. The van der Waals surface area contributed by atoms with Gasteiger partial charge in [0.2, 0.25) is 0 Å². The normalized spacial score (nSPS) is 10.5. The van der Waals surface area contributed by atoms with Gasteiger partial charge in [-0.3, -0.25) is 4.79 Å². The van der Waals surface area contributed by atoms with Crippen molar-refractivity contribution in [1.82, 2.24) is 0 Å². The fraction of sp³-hybridized carbons (Fsp3) is 0.429. The molecule has 1 heterocycles. The molecule has 1 rings (SSSR count). The molecule has 0 spiro atoms. The van der Waals surface area contributed by atoms with Gasteiger partial charge in [-0.25, -0.2) is 18.6 Å². The van der Waals surface area contributed by atoms with Crippen molar-refractivity contribution in [3.8, 4) is 0 Å². The van der Waals surface area contributed by atoms with Gasteiger partial charge in [0.25, 0.3) is 0 Å². The van der Waals surface area contributed by atoms with Crippen LogP contribution in [-0.2, 0) is 11.2 Å². The van der Waals surface area contributed by atoms with Crippen LogP contribution >= 0.6 is 11.6 Å². The summed E-state index contributed by atoms with van der Waals surface area (Å²) < 4.78 is 39.0. The average Bonchev–Trinajstić information content (AvgIpc) is 2.29. The molecule has 15 heavy (non-hydrogen) atoms. The van der Waals surface area contributed by atoms with Crippen molar-refractivity contribution in [1.29, 1.82) is 0 Å². The summed E-state index contributed by atoms with van der Waals surface area (Å²) in [5.74, 6) is 1.05. The van der Waals surface area contributed by atoms with Crippen molar-refractivity contribution >= 4 is 17.4 Å². The Morgan fingerprint density at radius 1 is 1.47 bits per heavy atom. The second-order valence-corrected chi connectivity index (χ2v) is 4.26. The Kier molecular flexibility index (Phi) is 5.88. The first-order valence-electron chi connectivity index (χ1n) is 3.68. The number of halogens is 1. The molecule has 1 aromatic heterocycles. The second kappa shape index (κ2) is 6.11. The largest absolute Gasteiger partial charge is 0.351 e. The van der Waals surface area contributed by atoms with Crippen molar-refractivity contribution in [3.05, 3.63) is 16.7 Å². The lowest BCUT2D eigenvalue weighted by atomic mass is 10.2. The van der Waals surface area contributed by atoms with Gasteiger partial charge >= 0.3 is 17.4 Å². The maximum absolute atomic E-state index is 10.6. The Hall–Kier alpha value is -0.570. The SMILES string of the molecule is CC(=O)Cc1cc(C)[o+]s1.[O-][Cl+3]([O-])([O-])[O-]. The molecular formula is C7H9ClO6S. The van der Waals surface area contributed by atoms with E-state index in [4.69, 9.17) is 22.5 Å². The summed E-state index contributed by atoms with van der Waals surface area (Å²) in [7, 11) is -4.94. The highest BCUT2D eigenvalue weighted by Gasteiger charge is 2.11. The van der Waals surface area contributed by atoms with Crippen LogP contribution in [0, 0.1) is 17.2 Å². The number of aryl methyl sites for hydroxylation is 1. The monoisotopic (exact) mass is 256 g/mol. The summed E-state index contributed by atoms with van der Waals surface area (Å²) in [4.78, 5) is 11.6. The van der Waals surface area contributed by atoms with E-state index in [1.165, 1.54) is 11.6 Å². The average molecular weight is 257 g/mol. The van der Waals surface area contributed by atoms with E-state index in [-0.39, 0.29) is 5.78 Å². The van der Waals surface area contributed by atoms with E-state index in [2.05, 4.69) is 0 Å². The van der Waals surface area contributed by atoms with Crippen LogP contribution in [0.1, 0.15) is 17.6 Å². The quantitative estimate of drug-likeness (QED) is 0.531. The molecule has 0 saturated heterocycles. The number of carbonyl (C=O) groups excluding carboxylic acids is 1. The summed E-state index contributed by atoms with van der Waals surface area (Å²) >= 11 is 1.28. The maximum Gasteiger partial charge on any atom is 0.351 e. The minimum Gasteiger partial charge on any atom is -0.300 e. The summed E-state index contributed by atoms with van der Waals surface area (Å²) in [5, 5.41) is 0. The standard InChI is InChI=1S/C7H9O2S.ClHO4/c1-5(8)3-7-4-6(2)9-10-7;2-1(3,4)5/h4H,3H2,1-2H3;(H,2,3,4,5)/q+1;/p-1. The van der Waals surface area contributed by atoms with Crippen LogP contribution in [0.3, 0.4) is 0 Å². The molecule has 0 unspecified atom stereocenters. The summed E-state index contributed by atoms with van der Waals surface area (Å²) in [5.41, 5.74) is 0. The van der Waals surface area contributed by atoms with Crippen molar-refractivity contribution in [2.45, 2.75) is 20.3 Å². The van der Waals surface area contributed by atoms with Crippen molar-refractivity contribution < 1.29 is 37.5 Å². The number of rotatable bonds is 2. The first-order valence-corrected chi connectivity index (χ1v) is 5.66. The summed E-state index contributed by atoms with van der Waals surface area (Å²) in [6.07, 6.45) is 0.502. The molecule has 0 fully saturated rings. The lowest BCUT2D eigenvalue weighted by molar-refractivity contribution is -2.00. The van der Waals surface area contributed by atoms with E-state index >= 15 is 0 Å². The zero-order valence-electron chi connectivity index (χ0n) is 8.02. The molecule has 0 aliphatic rings. The van der Waals surface area contributed by atoms with Crippen LogP contribution in [-0.4, -0.2) is 5.78 Å². The van der Waals surface area contributed by atoms with E-state index in [0.29, 0.717) is 6.42 Å². The molecule has 0 saturated carbocycles. The van der Waals surface area contributed by atoms with E-state index in [1.54, 1.807) is 6.92 Å². The van der Waals surface area contributed by atoms with Crippen LogP contribution in [0.25, 0.3) is 0 Å². The number of carbonyl (C=O) groups is 1. The van der Waals surface area contributed by atoms with Crippen LogP contribution in [0.2, 0.25) is 0 Å². The fourth-order valence-corrected chi connectivity index (χ4v) is 1.48. The maximum atomic E-state index is 10.6. The van der Waals surface area contributed by atoms with Crippen LogP contribution < -0.4 is 18.6 Å². The van der Waals surface area contributed by atoms with Gasteiger partial charge in [-0.2, -0.15) is 0 Å². The van der Waals surface area contributed by atoms with E-state index in [0.717, 1.165) is 10.6 Å². The predicted octanol–water partition coefficient (Wildman–Crippen LogP) is -2.69. The molecule has 0 amide bonds. The molecule has 0 N–H and O–H groups in total. The molecule has 0 aliphatic heterocycles.